The lowest BCUT2D eigenvalue weighted by Crippen LogP contribution is -2.11. The molecule has 0 amide bonds. The molecule has 0 unspecified atom stereocenters. The van der Waals surface area contributed by atoms with Crippen molar-refractivity contribution in [1.29, 1.82) is 0 Å². The Balaban J connectivity index is 1.99. The van der Waals surface area contributed by atoms with Crippen LogP contribution in [0.4, 0.5) is 0 Å². The average molecular weight is 292 g/mol. The molecule has 1 aliphatic carbocycles. The van der Waals surface area contributed by atoms with Crippen LogP contribution in [-0.2, 0) is 0 Å². The van der Waals surface area contributed by atoms with Crippen molar-refractivity contribution in [3.05, 3.63) is 34.9 Å². The maximum absolute atomic E-state index is 6.08. The summed E-state index contributed by atoms with van der Waals surface area (Å²) >= 11 is 3.50. The van der Waals surface area contributed by atoms with Gasteiger partial charge in [-0.05, 0) is 49.9 Å². The number of pyridine rings is 1. The van der Waals surface area contributed by atoms with Crippen molar-refractivity contribution in [1.82, 2.24) is 4.98 Å². The fourth-order valence-corrected chi connectivity index (χ4v) is 2.74. The molecule has 1 aliphatic rings. The third-order valence-electron chi connectivity index (χ3n) is 3.26. The molecule has 1 aromatic carbocycles. The van der Waals surface area contributed by atoms with Gasteiger partial charge >= 0.3 is 0 Å². The molecule has 1 aromatic heterocycles. The lowest BCUT2D eigenvalue weighted by atomic mass is 10.2. The Bertz CT molecular complexity index is 535. The SMILES string of the molecule is Brc1ccc2nccc(OC3CCCC3)c2c1. The van der Waals surface area contributed by atoms with E-state index in [4.69, 9.17) is 4.74 Å². The molecule has 1 heterocycles. The minimum absolute atomic E-state index is 0.389. The van der Waals surface area contributed by atoms with Crippen LogP contribution in [0.25, 0.3) is 10.9 Å². The fraction of sp³-hybridized carbons (Fsp3) is 0.357. The number of hydrogen-bond acceptors (Lipinski definition) is 2. The predicted octanol–water partition coefficient (Wildman–Crippen LogP) is 4.32. The predicted molar refractivity (Wildman–Crippen MR) is 72.3 cm³/mol. The maximum atomic E-state index is 6.08. The molecule has 0 N–H and O–H groups in total. The van der Waals surface area contributed by atoms with E-state index in [9.17, 15) is 0 Å². The van der Waals surface area contributed by atoms with E-state index >= 15 is 0 Å². The highest BCUT2D eigenvalue weighted by atomic mass is 79.9. The molecule has 3 heteroatoms. The Hall–Kier alpha value is -1.09. The summed E-state index contributed by atoms with van der Waals surface area (Å²) in [5, 5.41) is 1.09. The standard InChI is InChI=1S/C14H14BrNO/c15-10-5-6-13-12(9-10)14(7-8-16-13)17-11-3-1-2-4-11/h5-9,11H,1-4H2. The molecule has 1 fully saturated rings. The van der Waals surface area contributed by atoms with Crippen LogP contribution in [0.1, 0.15) is 25.7 Å². The third kappa shape index (κ3) is 2.29. The first-order valence-corrected chi connectivity index (χ1v) is 6.83. The van der Waals surface area contributed by atoms with Crippen LogP contribution in [0.15, 0.2) is 34.9 Å². The van der Waals surface area contributed by atoms with Crippen molar-refractivity contribution in [2.45, 2.75) is 31.8 Å². The molecular weight excluding hydrogens is 278 g/mol. The second-order valence-electron chi connectivity index (χ2n) is 4.49. The van der Waals surface area contributed by atoms with Gasteiger partial charge in [-0.3, -0.25) is 4.98 Å². The molecule has 0 bridgehead atoms. The number of ether oxygens (including phenoxy) is 1. The zero-order valence-corrected chi connectivity index (χ0v) is 11.1. The fourth-order valence-electron chi connectivity index (χ4n) is 2.38. The Morgan fingerprint density at radius 3 is 2.82 bits per heavy atom. The summed E-state index contributed by atoms with van der Waals surface area (Å²) in [6.45, 7) is 0. The highest BCUT2D eigenvalue weighted by Crippen LogP contribution is 2.30. The summed E-state index contributed by atoms with van der Waals surface area (Å²) in [5.41, 5.74) is 0.990. The van der Waals surface area contributed by atoms with E-state index in [0.717, 1.165) is 21.1 Å². The van der Waals surface area contributed by atoms with Gasteiger partial charge in [0.25, 0.3) is 0 Å². The Kier molecular flexibility index (Phi) is 3.02. The van der Waals surface area contributed by atoms with E-state index in [0.29, 0.717) is 6.10 Å². The summed E-state index contributed by atoms with van der Waals surface area (Å²) in [4.78, 5) is 4.36. The summed E-state index contributed by atoms with van der Waals surface area (Å²) < 4.78 is 7.15. The normalized spacial score (nSPS) is 16.5. The van der Waals surface area contributed by atoms with E-state index < -0.39 is 0 Å². The molecule has 3 rings (SSSR count). The van der Waals surface area contributed by atoms with Crippen molar-refractivity contribution in [2.24, 2.45) is 0 Å². The van der Waals surface area contributed by atoms with Gasteiger partial charge in [0.15, 0.2) is 0 Å². The topological polar surface area (TPSA) is 22.1 Å². The zero-order chi connectivity index (χ0) is 11.7. The number of benzene rings is 1. The highest BCUT2D eigenvalue weighted by molar-refractivity contribution is 9.10. The summed E-state index contributed by atoms with van der Waals surface area (Å²) in [5.74, 6) is 0.961. The van der Waals surface area contributed by atoms with Gasteiger partial charge in [0, 0.05) is 16.1 Å². The first-order valence-electron chi connectivity index (χ1n) is 6.04. The molecular formula is C14H14BrNO. The van der Waals surface area contributed by atoms with Crippen LogP contribution in [0, 0.1) is 0 Å². The molecule has 17 heavy (non-hydrogen) atoms. The summed E-state index contributed by atoms with van der Waals surface area (Å²) in [6, 6.07) is 8.06. The second kappa shape index (κ2) is 4.65. The summed E-state index contributed by atoms with van der Waals surface area (Å²) in [7, 11) is 0. The second-order valence-corrected chi connectivity index (χ2v) is 5.41. The first-order chi connectivity index (χ1) is 8.33. The molecule has 1 saturated carbocycles. The van der Waals surface area contributed by atoms with Crippen molar-refractivity contribution < 1.29 is 4.74 Å². The number of hydrogen-bond donors (Lipinski definition) is 0. The quantitative estimate of drug-likeness (QED) is 0.822. The molecule has 0 radical (unpaired) electrons. The van der Waals surface area contributed by atoms with Gasteiger partial charge in [0.05, 0.1) is 11.6 Å². The summed E-state index contributed by atoms with van der Waals surface area (Å²) in [6.07, 6.45) is 7.14. The van der Waals surface area contributed by atoms with Crippen molar-refractivity contribution in [3.63, 3.8) is 0 Å². The minimum Gasteiger partial charge on any atom is -0.490 e. The van der Waals surface area contributed by atoms with E-state index in [1.807, 2.05) is 24.4 Å². The Labute approximate surface area is 109 Å². The van der Waals surface area contributed by atoms with Crippen LogP contribution in [0.5, 0.6) is 5.75 Å². The third-order valence-corrected chi connectivity index (χ3v) is 3.75. The van der Waals surface area contributed by atoms with Crippen LogP contribution in [-0.4, -0.2) is 11.1 Å². The molecule has 0 spiro atoms. The van der Waals surface area contributed by atoms with Gasteiger partial charge in [-0.1, -0.05) is 15.9 Å². The van der Waals surface area contributed by atoms with Gasteiger partial charge in [-0.2, -0.15) is 0 Å². The van der Waals surface area contributed by atoms with Crippen molar-refractivity contribution in [2.75, 3.05) is 0 Å². The van der Waals surface area contributed by atoms with Crippen LogP contribution in [0.3, 0.4) is 0 Å². The van der Waals surface area contributed by atoms with Gasteiger partial charge in [0.1, 0.15) is 5.75 Å². The Morgan fingerprint density at radius 2 is 2.00 bits per heavy atom. The smallest absolute Gasteiger partial charge is 0.130 e. The number of fused-ring (bicyclic) bond motifs is 1. The number of aromatic nitrogens is 1. The largest absolute Gasteiger partial charge is 0.490 e. The number of nitrogens with zero attached hydrogens (tertiary/aromatic N) is 1. The molecule has 0 atom stereocenters. The lowest BCUT2D eigenvalue weighted by molar-refractivity contribution is 0.212. The highest BCUT2D eigenvalue weighted by Gasteiger charge is 2.17. The minimum atomic E-state index is 0.389. The van der Waals surface area contributed by atoms with Gasteiger partial charge in [-0.25, -0.2) is 0 Å². The van der Waals surface area contributed by atoms with E-state index in [-0.39, 0.29) is 0 Å². The Morgan fingerprint density at radius 1 is 1.18 bits per heavy atom. The van der Waals surface area contributed by atoms with E-state index in [2.05, 4.69) is 27.0 Å². The number of rotatable bonds is 2. The van der Waals surface area contributed by atoms with Gasteiger partial charge < -0.3 is 4.74 Å². The van der Waals surface area contributed by atoms with E-state index in [1.165, 1.54) is 25.7 Å². The van der Waals surface area contributed by atoms with Gasteiger partial charge in [0.2, 0.25) is 0 Å². The first kappa shape index (κ1) is 11.0. The van der Waals surface area contributed by atoms with Crippen molar-refractivity contribution in [3.8, 4) is 5.75 Å². The molecule has 2 aromatic rings. The maximum Gasteiger partial charge on any atom is 0.130 e. The van der Waals surface area contributed by atoms with Gasteiger partial charge in [-0.15, -0.1) is 0 Å². The van der Waals surface area contributed by atoms with Crippen LogP contribution < -0.4 is 4.74 Å². The molecule has 88 valence electrons. The van der Waals surface area contributed by atoms with Crippen molar-refractivity contribution >= 4 is 26.8 Å². The molecule has 0 saturated heterocycles. The molecule has 0 aliphatic heterocycles. The molecule has 2 nitrogen and oxygen atoms in total. The average Bonchev–Trinajstić information content (AvgIpc) is 2.83. The monoisotopic (exact) mass is 291 g/mol. The number of halogens is 1. The zero-order valence-electron chi connectivity index (χ0n) is 9.53. The van der Waals surface area contributed by atoms with E-state index in [1.54, 1.807) is 0 Å². The van der Waals surface area contributed by atoms with Crippen LogP contribution >= 0.6 is 15.9 Å². The lowest BCUT2D eigenvalue weighted by Gasteiger charge is -2.14. The van der Waals surface area contributed by atoms with Crippen LogP contribution in [0.2, 0.25) is 0 Å².